The van der Waals surface area contributed by atoms with E-state index in [2.05, 4.69) is 15.5 Å². The quantitative estimate of drug-likeness (QED) is 0.304. The number of anilines is 1. The number of thiophene rings is 1. The fourth-order valence-electron chi connectivity index (χ4n) is 3.21. The van der Waals surface area contributed by atoms with Crippen LogP contribution >= 0.6 is 11.3 Å². The Morgan fingerprint density at radius 1 is 1.12 bits per heavy atom. The average molecular weight is 489 g/mol. The van der Waals surface area contributed by atoms with Gasteiger partial charge in [-0.1, -0.05) is 35.5 Å². The van der Waals surface area contributed by atoms with Crippen LogP contribution in [0.1, 0.15) is 37.7 Å². The highest BCUT2D eigenvalue weighted by molar-refractivity contribution is 7.13. The van der Waals surface area contributed by atoms with Gasteiger partial charge in [0.05, 0.1) is 18.1 Å². The average Bonchev–Trinajstić information content (AvgIpc) is 3.47. The van der Waals surface area contributed by atoms with E-state index in [1.54, 1.807) is 30.3 Å². The van der Waals surface area contributed by atoms with Crippen molar-refractivity contribution < 1.29 is 32.7 Å². The maximum atomic E-state index is 13.5. The number of rotatable bonds is 8. The maximum Gasteiger partial charge on any atom is 0.416 e. The number of nitrogens with one attached hydrogen (secondary N) is 1. The van der Waals surface area contributed by atoms with E-state index in [-0.39, 0.29) is 40.8 Å². The summed E-state index contributed by atoms with van der Waals surface area (Å²) in [5, 5.41) is 26.0. The van der Waals surface area contributed by atoms with E-state index in [4.69, 9.17) is 9.63 Å². The number of nitrogens with zero attached hydrogens (tertiary/aromatic N) is 2. The van der Waals surface area contributed by atoms with Gasteiger partial charge in [0.2, 0.25) is 11.7 Å². The van der Waals surface area contributed by atoms with Gasteiger partial charge in [-0.05, 0) is 35.9 Å². The van der Waals surface area contributed by atoms with Crippen molar-refractivity contribution in [2.75, 3.05) is 5.32 Å². The maximum absolute atomic E-state index is 13.5. The molecule has 7 nitrogen and oxygen atoms in total. The number of carboxylic acids is 1. The third-order valence-electron chi connectivity index (χ3n) is 4.88. The Morgan fingerprint density at radius 3 is 2.56 bits per heavy atom. The predicted molar refractivity (Wildman–Crippen MR) is 118 cm³/mol. The number of halogens is 3. The summed E-state index contributed by atoms with van der Waals surface area (Å²) < 4.78 is 45.6. The number of carboxylic acid groups (broad SMARTS) is 1. The Balaban J connectivity index is 1.55. The van der Waals surface area contributed by atoms with E-state index < -0.39 is 23.8 Å². The Labute approximate surface area is 195 Å². The Kier molecular flexibility index (Phi) is 6.66. The van der Waals surface area contributed by atoms with Gasteiger partial charge in [-0.15, -0.1) is 11.3 Å². The molecule has 1 unspecified atom stereocenters. The Bertz CT molecular complexity index is 1290. The number of hydrogen-bond donors (Lipinski definition) is 3. The van der Waals surface area contributed by atoms with Gasteiger partial charge in [0.15, 0.2) is 0 Å². The number of aromatic carboxylic acids is 1. The van der Waals surface area contributed by atoms with Crippen molar-refractivity contribution in [1.29, 1.82) is 0 Å². The highest BCUT2D eigenvalue weighted by Gasteiger charge is 2.32. The van der Waals surface area contributed by atoms with Crippen molar-refractivity contribution >= 4 is 23.0 Å². The van der Waals surface area contributed by atoms with Gasteiger partial charge >= 0.3 is 12.1 Å². The first-order chi connectivity index (χ1) is 16.2. The molecule has 2 aromatic carbocycles. The van der Waals surface area contributed by atoms with E-state index >= 15 is 0 Å². The summed E-state index contributed by atoms with van der Waals surface area (Å²) in [6.07, 6.45) is -5.51. The molecule has 0 aliphatic heterocycles. The monoisotopic (exact) mass is 489 g/mol. The van der Waals surface area contributed by atoms with Crippen molar-refractivity contribution in [3.8, 4) is 11.4 Å². The lowest BCUT2D eigenvalue weighted by molar-refractivity contribution is -0.137. The highest BCUT2D eigenvalue weighted by Crippen LogP contribution is 2.35. The molecule has 0 radical (unpaired) electrons. The van der Waals surface area contributed by atoms with Crippen LogP contribution < -0.4 is 5.32 Å². The summed E-state index contributed by atoms with van der Waals surface area (Å²) in [6, 6.07) is 15.2. The number of hydrogen-bond acceptors (Lipinski definition) is 7. The SMILES string of the molecule is O=C(O)c1ccc(CNc2cc(-c3noc(CC(O)c4ccccc4)n3)cc(C(F)(F)F)c2)s1. The molecule has 4 rings (SSSR count). The molecule has 3 N–H and O–H groups in total. The normalized spacial score (nSPS) is 12.5. The lowest BCUT2D eigenvalue weighted by Crippen LogP contribution is -2.07. The second-order valence-corrected chi connectivity index (χ2v) is 8.53. The minimum absolute atomic E-state index is 0.00533. The standard InChI is InChI=1S/C23H18F3N3O4S/c24-23(25,26)15-8-14(9-16(10-15)27-12-17-6-7-19(34-17)22(31)32)21-28-20(33-29-21)11-18(30)13-4-2-1-3-5-13/h1-10,18,27,30H,11-12H2,(H,31,32). The summed E-state index contributed by atoms with van der Waals surface area (Å²) in [6.45, 7) is 0.138. The molecule has 2 heterocycles. The molecule has 0 aliphatic rings. The zero-order chi connectivity index (χ0) is 24.3. The number of aliphatic hydroxyl groups excluding tert-OH is 1. The number of carbonyl (C=O) groups is 1. The van der Waals surface area contributed by atoms with Gasteiger partial charge in [0.1, 0.15) is 4.88 Å². The molecule has 11 heteroatoms. The molecule has 176 valence electrons. The van der Waals surface area contributed by atoms with Crippen molar-refractivity contribution in [3.05, 3.63) is 87.4 Å². The van der Waals surface area contributed by atoms with Crippen LogP contribution in [-0.4, -0.2) is 26.3 Å². The van der Waals surface area contributed by atoms with E-state index in [1.807, 2.05) is 6.07 Å². The van der Waals surface area contributed by atoms with Gasteiger partial charge in [-0.3, -0.25) is 0 Å². The van der Waals surface area contributed by atoms with Crippen LogP contribution in [0, 0.1) is 0 Å². The lowest BCUT2D eigenvalue weighted by Gasteiger charge is -2.12. The van der Waals surface area contributed by atoms with Gasteiger partial charge in [-0.25, -0.2) is 4.79 Å². The topological polar surface area (TPSA) is 108 Å². The third-order valence-corrected chi connectivity index (χ3v) is 5.95. The van der Waals surface area contributed by atoms with Gasteiger partial charge in [-0.2, -0.15) is 18.2 Å². The van der Waals surface area contributed by atoms with Crippen LogP contribution in [0.2, 0.25) is 0 Å². The van der Waals surface area contributed by atoms with Crippen molar-refractivity contribution in [2.45, 2.75) is 25.2 Å². The van der Waals surface area contributed by atoms with Crippen LogP contribution in [0.5, 0.6) is 0 Å². The fourth-order valence-corrected chi connectivity index (χ4v) is 4.00. The number of aromatic nitrogens is 2. The summed E-state index contributed by atoms with van der Waals surface area (Å²) in [7, 11) is 0. The Hall–Kier alpha value is -3.70. The summed E-state index contributed by atoms with van der Waals surface area (Å²) >= 11 is 1.03. The second kappa shape index (κ2) is 9.65. The molecule has 0 spiro atoms. The first-order valence-electron chi connectivity index (χ1n) is 10.0. The highest BCUT2D eigenvalue weighted by atomic mass is 32.1. The van der Waals surface area contributed by atoms with Gasteiger partial charge < -0.3 is 20.1 Å². The molecule has 0 aliphatic carbocycles. The van der Waals surface area contributed by atoms with Crippen LogP contribution in [0.25, 0.3) is 11.4 Å². The van der Waals surface area contributed by atoms with E-state index in [0.29, 0.717) is 10.4 Å². The molecule has 1 atom stereocenters. The molecule has 0 saturated carbocycles. The number of alkyl halides is 3. The second-order valence-electron chi connectivity index (χ2n) is 7.36. The predicted octanol–water partition coefficient (Wildman–Crippen LogP) is 5.40. The first-order valence-corrected chi connectivity index (χ1v) is 10.8. The lowest BCUT2D eigenvalue weighted by atomic mass is 10.1. The third kappa shape index (κ3) is 5.61. The molecular weight excluding hydrogens is 471 g/mol. The van der Waals surface area contributed by atoms with Crippen LogP contribution in [0.3, 0.4) is 0 Å². The number of aliphatic hydroxyl groups is 1. The molecule has 0 bridgehead atoms. The van der Waals surface area contributed by atoms with E-state index in [9.17, 15) is 23.1 Å². The van der Waals surface area contributed by atoms with Gasteiger partial charge in [0.25, 0.3) is 0 Å². The van der Waals surface area contributed by atoms with Crippen LogP contribution in [-0.2, 0) is 19.1 Å². The molecule has 0 saturated heterocycles. The summed E-state index contributed by atoms with van der Waals surface area (Å²) in [5.74, 6) is -1.03. The van der Waals surface area contributed by atoms with Crippen molar-refractivity contribution in [1.82, 2.24) is 10.1 Å². The molecule has 34 heavy (non-hydrogen) atoms. The molecule has 2 aromatic heterocycles. The molecular formula is C23H18F3N3O4S. The van der Waals surface area contributed by atoms with Crippen molar-refractivity contribution in [3.63, 3.8) is 0 Å². The zero-order valence-electron chi connectivity index (χ0n) is 17.4. The first kappa shape index (κ1) is 23.5. The molecule has 4 aromatic rings. The fraction of sp³-hybridized carbons (Fsp3) is 0.174. The number of benzene rings is 2. The minimum atomic E-state index is -4.61. The van der Waals surface area contributed by atoms with Crippen LogP contribution in [0.15, 0.2) is 65.2 Å². The minimum Gasteiger partial charge on any atom is -0.477 e. The Morgan fingerprint density at radius 2 is 1.88 bits per heavy atom. The van der Waals surface area contributed by atoms with E-state index in [0.717, 1.165) is 23.5 Å². The van der Waals surface area contributed by atoms with Crippen molar-refractivity contribution in [2.24, 2.45) is 0 Å². The molecule has 0 amide bonds. The zero-order valence-corrected chi connectivity index (χ0v) is 18.2. The summed E-state index contributed by atoms with van der Waals surface area (Å²) in [5.41, 5.74) is -0.0160. The summed E-state index contributed by atoms with van der Waals surface area (Å²) in [4.78, 5) is 16.0. The largest absolute Gasteiger partial charge is 0.477 e. The smallest absolute Gasteiger partial charge is 0.416 e. The van der Waals surface area contributed by atoms with Crippen LogP contribution in [0.4, 0.5) is 18.9 Å². The molecule has 0 fully saturated rings. The van der Waals surface area contributed by atoms with E-state index in [1.165, 1.54) is 12.1 Å². The van der Waals surface area contributed by atoms with Gasteiger partial charge in [0, 0.05) is 22.7 Å².